The normalized spacial score (nSPS) is 14.2. The molecule has 4 nitrogen and oxygen atoms in total. The summed E-state index contributed by atoms with van der Waals surface area (Å²) in [6.45, 7) is 0.586. The van der Waals surface area contributed by atoms with Gasteiger partial charge in [0.15, 0.2) is 0 Å². The van der Waals surface area contributed by atoms with Crippen LogP contribution in [0.5, 0.6) is 0 Å². The van der Waals surface area contributed by atoms with Gasteiger partial charge in [-0.3, -0.25) is 9.78 Å². The van der Waals surface area contributed by atoms with Crippen molar-refractivity contribution in [2.75, 3.05) is 0 Å². The van der Waals surface area contributed by atoms with Crippen LogP contribution < -0.4 is 5.32 Å². The predicted molar refractivity (Wildman–Crippen MR) is 128 cm³/mol. The highest BCUT2D eigenvalue weighted by Crippen LogP contribution is 2.47. The lowest BCUT2D eigenvalue weighted by atomic mass is 9.91. The summed E-state index contributed by atoms with van der Waals surface area (Å²) in [6, 6.07) is 18.9. The number of para-hydroxylation sites is 1. The van der Waals surface area contributed by atoms with E-state index in [9.17, 15) is 4.79 Å². The van der Waals surface area contributed by atoms with E-state index in [2.05, 4.69) is 57.8 Å². The summed E-state index contributed by atoms with van der Waals surface area (Å²) < 4.78 is 0. The molecular weight excluding hydrogens is 394 g/mol. The van der Waals surface area contributed by atoms with E-state index < -0.39 is 0 Å². The number of aromatic amines is 1. The number of nitrogens with zero attached hydrogens (tertiary/aromatic N) is 1. The van der Waals surface area contributed by atoms with Crippen molar-refractivity contribution in [1.29, 1.82) is 0 Å². The summed E-state index contributed by atoms with van der Waals surface area (Å²) in [5.41, 5.74) is 11.5. The van der Waals surface area contributed by atoms with Crippen LogP contribution in [0.15, 0.2) is 67.0 Å². The number of pyridine rings is 1. The van der Waals surface area contributed by atoms with Crippen LogP contribution in [0, 0.1) is 0 Å². The number of hydrogen-bond acceptors (Lipinski definition) is 2. The van der Waals surface area contributed by atoms with E-state index in [1.165, 1.54) is 22.3 Å². The molecule has 0 saturated heterocycles. The third kappa shape index (κ3) is 2.38. The van der Waals surface area contributed by atoms with Gasteiger partial charge in [-0.25, -0.2) is 0 Å². The van der Waals surface area contributed by atoms with Gasteiger partial charge in [-0.05, 0) is 63.2 Å². The molecule has 2 N–H and O–H groups in total. The van der Waals surface area contributed by atoms with Crippen molar-refractivity contribution in [1.82, 2.24) is 15.3 Å². The number of benzene rings is 3. The zero-order chi connectivity index (χ0) is 21.2. The monoisotopic (exact) mass is 413 g/mol. The van der Waals surface area contributed by atoms with Gasteiger partial charge in [-0.15, -0.1) is 0 Å². The minimum Gasteiger partial charge on any atom is -0.354 e. The Morgan fingerprint density at radius 2 is 1.72 bits per heavy atom. The summed E-state index contributed by atoms with van der Waals surface area (Å²) in [6.07, 6.45) is 8.73. The highest BCUT2D eigenvalue weighted by Gasteiger charge is 2.33. The maximum atomic E-state index is 12.9. The number of amides is 1. The van der Waals surface area contributed by atoms with Gasteiger partial charge in [0.2, 0.25) is 0 Å². The van der Waals surface area contributed by atoms with E-state index in [0.29, 0.717) is 6.54 Å². The molecule has 0 atom stereocenters. The molecule has 0 fully saturated rings. The van der Waals surface area contributed by atoms with Gasteiger partial charge in [0.1, 0.15) is 0 Å². The van der Waals surface area contributed by atoms with Crippen molar-refractivity contribution in [3.8, 4) is 11.1 Å². The molecule has 1 amide bonds. The molecular formula is C28H19N3O. The SMILES string of the molecule is O=C1NCc2c3c(c4[nH]c5ccccc5c4c21)Cc1ccc(/C=C/c2ccncc2)cc1-3. The Labute approximate surface area is 184 Å². The molecule has 7 rings (SSSR count). The third-order valence-electron chi connectivity index (χ3n) is 6.76. The maximum absolute atomic E-state index is 12.9. The van der Waals surface area contributed by atoms with Gasteiger partial charge < -0.3 is 10.3 Å². The number of fused-ring (bicyclic) bond motifs is 10. The largest absolute Gasteiger partial charge is 0.354 e. The first-order valence-electron chi connectivity index (χ1n) is 10.9. The van der Waals surface area contributed by atoms with Crippen LogP contribution in [0.2, 0.25) is 0 Å². The van der Waals surface area contributed by atoms with Crippen LogP contribution >= 0.6 is 0 Å². The number of carbonyl (C=O) groups is 1. The lowest BCUT2D eigenvalue weighted by Crippen LogP contribution is -2.12. The van der Waals surface area contributed by atoms with E-state index in [1.54, 1.807) is 12.4 Å². The summed E-state index contributed by atoms with van der Waals surface area (Å²) in [5, 5.41) is 5.27. The Balaban J connectivity index is 1.46. The van der Waals surface area contributed by atoms with Crippen LogP contribution in [0.25, 0.3) is 45.1 Å². The van der Waals surface area contributed by atoms with Crippen LogP contribution in [0.1, 0.15) is 38.2 Å². The summed E-state index contributed by atoms with van der Waals surface area (Å²) in [4.78, 5) is 20.6. The summed E-state index contributed by atoms with van der Waals surface area (Å²) >= 11 is 0. The number of nitrogens with one attached hydrogen (secondary N) is 2. The van der Waals surface area contributed by atoms with E-state index in [0.717, 1.165) is 50.5 Å². The van der Waals surface area contributed by atoms with Crippen molar-refractivity contribution < 1.29 is 4.79 Å². The fourth-order valence-corrected chi connectivity index (χ4v) is 5.34. The molecule has 5 aromatic rings. The van der Waals surface area contributed by atoms with Crippen LogP contribution in [-0.2, 0) is 13.0 Å². The first-order chi connectivity index (χ1) is 15.8. The zero-order valence-corrected chi connectivity index (χ0v) is 17.3. The smallest absolute Gasteiger partial charge is 0.252 e. The predicted octanol–water partition coefficient (Wildman–Crippen LogP) is 5.70. The highest BCUT2D eigenvalue weighted by molar-refractivity contribution is 6.22. The molecule has 3 aromatic carbocycles. The van der Waals surface area contributed by atoms with Crippen molar-refractivity contribution in [3.05, 3.63) is 100 Å². The van der Waals surface area contributed by atoms with Crippen molar-refractivity contribution >= 4 is 39.9 Å². The standard InChI is InChI=1S/C28H19N3O/c32-28-26-22(15-30-28)24-20-13-17(6-5-16-9-11-29-12-10-16)7-8-18(20)14-21(24)27-25(26)19-3-1-2-4-23(19)31-27/h1-13,31H,14-15H2,(H,30,32)/b6-5+. The van der Waals surface area contributed by atoms with Gasteiger partial charge in [0.25, 0.3) is 5.91 Å². The minimum atomic E-state index is 0.0275. The molecule has 1 aliphatic carbocycles. The van der Waals surface area contributed by atoms with E-state index in [4.69, 9.17) is 0 Å². The number of H-pyrrole nitrogens is 1. The van der Waals surface area contributed by atoms with Crippen molar-refractivity contribution in [2.45, 2.75) is 13.0 Å². The Hall–Kier alpha value is -4.18. The van der Waals surface area contributed by atoms with Gasteiger partial charge in [-0.2, -0.15) is 0 Å². The molecule has 0 saturated carbocycles. The first-order valence-corrected chi connectivity index (χ1v) is 10.9. The van der Waals surface area contributed by atoms with Gasteiger partial charge >= 0.3 is 0 Å². The second-order valence-electron chi connectivity index (χ2n) is 8.52. The molecule has 0 bridgehead atoms. The molecule has 0 spiro atoms. The fourth-order valence-electron chi connectivity index (χ4n) is 5.34. The Kier molecular flexibility index (Phi) is 3.50. The Morgan fingerprint density at radius 3 is 2.62 bits per heavy atom. The van der Waals surface area contributed by atoms with E-state index in [-0.39, 0.29) is 5.91 Å². The van der Waals surface area contributed by atoms with Crippen LogP contribution in [0.4, 0.5) is 0 Å². The van der Waals surface area contributed by atoms with Gasteiger partial charge in [0.05, 0.1) is 11.1 Å². The number of carbonyl (C=O) groups excluding carboxylic acids is 1. The molecule has 0 radical (unpaired) electrons. The number of hydrogen-bond donors (Lipinski definition) is 2. The minimum absolute atomic E-state index is 0.0275. The lowest BCUT2D eigenvalue weighted by molar-refractivity contribution is 0.0967. The molecule has 4 heteroatoms. The second kappa shape index (κ2) is 6.41. The molecule has 152 valence electrons. The molecule has 2 aliphatic rings. The van der Waals surface area contributed by atoms with Crippen molar-refractivity contribution in [3.63, 3.8) is 0 Å². The Morgan fingerprint density at radius 1 is 0.875 bits per heavy atom. The average Bonchev–Trinajstić information content (AvgIpc) is 3.51. The van der Waals surface area contributed by atoms with Crippen LogP contribution in [0.3, 0.4) is 0 Å². The molecule has 2 aromatic heterocycles. The number of rotatable bonds is 2. The van der Waals surface area contributed by atoms with Gasteiger partial charge in [-0.1, -0.05) is 42.5 Å². The maximum Gasteiger partial charge on any atom is 0.252 e. The quantitative estimate of drug-likeness (QED) is 0.382. The van der Waals surface area contributed by atoms with Crippen LogP contribution in [-0.4, -0.2) is 15.9 Å². The lowest BCUT2D eigenvalue weighted by Gasteiger charge is -2.10. The average molecular weight is 413 g/mol. The fraction of sp³-hybridized carbons (Fsp3) is 0.0714. The molecule has 32 heavy (non-hydrogen) atoms. The molecule has 0 unspecified atom stereocenters. The highest BCUT2D eigenvalue weighted by atomic mass is 16.1. The third-order valence-corrected chi connectivity index (χ3v) is 6.76. The zero-order valence-electron chi connectivity index (χ0n) is 17.3. The molecule has 1 aliphatic heterocycles. The number of aromatic nitrogens is 2. The first kappa shape index (κ1) is 17.5. The second-order valence-corrected chi connectivity index (χ2v) is 8.52. The van der Waals surface area contributed by atoms with Crippen molar-refractivity contribution in [2.24, 2.45) is 0 Å². The summed E-state index contributed by atoms with van der Waals surface area (Å²) in [5.74, 6) is 0.0275. The topological polar surface area (TPSA) is 57.8 Å². The summed E-state index contributed by atoms with van der Waals surface area (Å²) in [7, 11) is 0. The Bertz CT molecular complexity index is 1610. The van der Waals surface area contributed by atoms with E-state index >= 15 is 0 Å². The van der Waals surface area contributed by atoms with Gasteiger partial charge in [0, 0.05) is 41.6 Å². The molecule has 3 heterocycles. The van der Waals surface area contributed by atoms with E-state index in [1.807, 2.05) is 24.3 Å².